The van der Waals surface area contributed by atoms with Gasteiger partial charge in [-0.3, -0.25) is 10.0 Å². The number of benzene rings is 2. The zero-order chi connectivity index (χ0) is 16.2. The molecule has 0 spiro atoms. The van der Waals surface area contributed by atoms with Crippen molar-refractivity contribution in [2.24, 2.45) is 0 Å². The number of hydroxylamine groups is 1. The summed E-state index contributed by atoms with van der Waals surface area (Å²) in [5, 5.41) is 8.70. The number of hydrogen-bond donors (Lipinski definition) is 2. The quantitative estimate of drug-likeness (QED) is 0.559. The van der Waals surface area contributed by atoms with E-state index in [1.54, 1.807) is 17.6 Å². The molecule has 0 bridgehead atoms. The van der Waals surface area contributed by atoms with Crippen LogP contribution in [0, 0.1) is 0 Å². The van der Waals surface area contributed by atoms with Gasteiger partial charge in [0.15, 0.2) is 0 Å². The number of imidazole rings is 1. The summed E-state index contributed by atoms with van der Waals surface area (Å²) in [7, 11) is 0. The smallest absolute Gasteiger partial charge is 0.274 e. The minimum absolute atomic E-state index is 0.410. The summed E-state index contributed by atoms with van der Waals surface area (Å²) in [6, 6.07) is 15.2. The molecule has 0 aliphatic rings. The lowest BCUT2D eigenvalue weighted by Gasteiger charge is -2.09. The topological polar surface area (TPSA) is 67.2 Å². The van der Waals surface area contributed by atoms with E-state index in [0.717, 1.165) is 41.8 Å². The molecule has 1 aromatic heterocycles. The Kier molecular flexibility index (Phi) is 4.39. The summed E-state index contributed by atoms with van der Waals surface area (Å²) in [5.41, 5.74) is 5.09. The van der Waals surface area contributed by atoms with E-state index in [0.29, 0.717) is 5.56 Å². The van der Waals surface area contributed by atoms with E-state index in [9.17, 15) is 4.79 Å². The van der Waals surface area contributed by atoms with Gasteiger partial charge in [-0.1, -0.05) is 37.6 Å². The van der Waals surface area contributed by atoms with Crippen LogP contribution in [-0.4, -0.2) is 20.7 Å². The van der Waals surface area contributed by atoms with Crippen LogP contribution in [0.2, 0.25) is 0 Å². The van der Waals surface area contributed by atoms with Crippen molar-refractivity contribution in [3.8, 4) is 11.4 Å². The molecule has 0 saturated heterocycles. The molecule has 5 nitrogen and oxygen atoms in total. The molecule has 0 radical (unpaired) electrons. The number of unbranched alkanes of at least 4 members (excludes halogenated alkanes) is 1. The van der Waals surface area contributed by atoms with Crippen LogP contribution in [0.25, 0.3) is 22.4 Å². The fourth-order valence-electron chi connectivity index (χ4n) is 2.67. The SMILES string of the molecule is CCCCn1c(-c2ccc(C(=O)NO)cc2)nc2ccccc21. The largest absolute Gasteiger partial charge is 0.324 e. The molecule has 0 aliphatic carbocycles. The standard InChI is InChI=1S/C18H19N3O2/c1-2-3-12-21-16-7-5-4-6-15(16)19-17(21)13-8-10-14(11-9-13)18(22)20-23/h4-11,23H,2-3,12H2,1H3,(H,20,22). The minimum Gasteiger partial charge on any atom is -0.324 e. The maximum Gasteiger partial charge on any atom is 0.274 e. The number of carbonyl (C=O) groups is 1. The van der Waals surface area contributed by atoms with Gasteiger partial charge in [-0.25, -0.2) is 10.5 Å². The molecule has 0 saturated carbocycles. The van der Waals surface area contributed by atoms with Gasteiger partial charge in [0, 0.05) is 17.7 Å². The van der Waals surface area contributed by atoms with Crippen molar-refractivity contribution in [1.29, 1.82) is 0 Å². The third-order valence-electron chi connectivity index (χ3n) is 3.90. The van der Waals surface area contributed by atoms with Crippen molar-refractivity contribution in [2.45, 2.75) is 26.3 Å². The van der Waals surface area contributed by atoms with Gasteiger partial charge < -0.3 is 4.57 Å². The van der Waals surface area contributed by atoms with Crippen molar-refractivity contribution in [3.05, 3.63) is 54.1 Å². The molecule has 23 heavy (non-hydrogen) atoms. The second-order valence-corrected chi connectivity index (χ2v) is 5.45. The molecule has 118 valence electrons. The summed E-state index contributed by atoms with van der Waals surface area (Å²) in [4.78, 5) is 16.2. The number of amides is 1. The number of fused-ring (bicyclic) bond motifs is 1. The van der Waals surface area contributed by atoms with Crippen molar-refractivity contribution in [3.63, 3.8) is 0 Å². The lowest BCUT2D eigenvalue weighted by Crippen LogP contribution is -2.18. The van der Waals surface area contributed by atoms with Gasteiger partial charge in [0.2, 0.25) is 0 Å². The minimum atomic E-state index is -0.518. The summed E-state index contributed by atoms with van der Waals surface area (Å²) < 4.78 is 2.22. The van der Waals surface area contributed by atoms with Crippen molar-refractivity contribution in [2.75, 3.05) is 0 Å². The molecule has 1 amide bonds. The molecule has 3 rings (SSSR count). The van der Waals surface area contributed by atoms with E-state index in [1.807, 2.05) is 30.3 Å². The monoisotopic (exact) mass is 309 g/mol. The molecule has 0 atom stereocenters. The van der Waals surface area contributed by atoms with Gasteiger partial charge in [-0.2, -0.15) is 0 Å². The van der Waals surface area contributed by atoms with E-state index in [4.69, 9.17) is 10.2 Å². The molecular weight excluding hydrogens is 290 g/mol. The van der Waals surface area contributed by atoms with Crippen LogP contribution in [0.5, 0.6) is 0 Å². The van der Waals surface area contributed by atoms with Gasteiger partial charge >= 0.3 is 0 Å². The average molecular weight is 309 g/mol. The highest BCUT2D eigenvalue weighted by Gasteiger charge is 2.12. The molecule has 3 aromatic rings. The second-order valence-electron chi connectivity index (χ2n) is 5.45. The molecule has 0 unspecified atom stereocenters. The average Bonchev–Trinajstić information content (AvgIpc) is 2.98. The van der Waals surface area contributed by atoms with E-state index in [2.05, 4.69) is 17.6 Å². The van der Waals surface area contributed by atoms with Gasteiger partial charge in [-0.15, -0.1) is 0 Å². The Labute approximate surface area is 134 Å². The highest BCUT2D eigenvalue weighted by Crippen LogP contribution is 2.25. The van der Waals surface area contributed by atoms with E-state index < -0.39 is 5.91 Å². The van der Waals surface area contributed by atoms with Crippen molar-refractivity contribution >= 4 is 16.9 Å². The van der Waals surface area contributed by atoms with Crippen LogP contribution in [0.3, 0.4) is 0 Å². The molecule has 0 fully saturated rings. The number of para-hydroxylation sites is 2. The van der Waals surface area contributed by atoms with Gasteiger partial charge in [0.1, 0.15) is 5.82 Å². The Morgan fingerprint density at radius 2 is 1.91 bits per heavy atom. The first kappa shape index (κ1) is 15.2. The Balaban J connectivity index is 2.06. The lowest BCUT2D eigenvalue weighted by molar-refractivity contribution is 0.0706. The summed E-state index contributed by atoms with van der Waals surface area (Å²) in [6.45, 7) is 3.08. The Morgan fingerprint density at radius 1 is 1.17 bits per heavy atom. The second kappa shape index (κ2) is 6.62. The highest BCUT2D eigenvalue weighted by atomic mass is 16.5. The van der Waals surface area contributed by atoms with Crippen LogP contribution in [0.1, 0.15) is 30.1 Å². The Bertz CT molecular complexity index is 822. The Morgan fingerprint density at radius 3 is 2.61 bits per heavy atom. The Hall–Kier alpha value is -2.66. The predicted octanol–water partition coefficient (Wildman–Crippen LogP) is 3.62. The number of hydrogen-bond acceptors (Lipinski definition) is 3. The fraction of sp³-hybridized carbons (Fsp3) is 0.222. The van der Waals surface area contributed by atoms with Gasteiger partial charge in [0.25, 0.3) is 5.91 Å². The number of aromatic nitrogens is 2. The number of nitrogens with one attached hydrogen (secondary N) is 1. The maximum absolute atomic E-state index is 11.4. The number of aryl methyl sites for hydroxylation is 1. The van der Waals surface area contributed by atoms with E-state index >= 15 is 0 Å². The number of nitrogens with zero attached hydrogens (tertiary/aromatic N) is 2. The number of rotatable bonds is 5. The van der Waals surface area contributed by atoms with Crippen LogP contribution >= 0.6 is 0 Å². The summed E-state index contributed by atoms with van der Waals surface area (Å²) >= 11 is 0. The normalized spacial score (nSPS) is 10.9. The molecule has 2 aromatic carbocycles. The van der Waals surface area contributed by atoms with Crippen LogP contribution in [0.15, 0.2) is 48.5 Å². The van der Waals surface area contributed by atoms with Crippen molar-refractivity contribution < 1.29 is 10.0 Å². The molecule has 0 aliphatic heterocycles. The highest BCUT2D eigenvalue weighted by molar-refractivity contribution is 5.93. The first-order valence-electron chi connectivity index (χ1n) is 7.74. The molecular formula is C18H19N3O2. The molecule has 5 heteroatoms. The third kappa shape index (κ3) is 2.96. The number of carbonyl (C=O) groups excluding carboxylic acids is 1. The van der Waals surface area contributed by atoms with Crippen LogP contribution < -0.4 is 5.48 Å². The third-order valence-corrected chi connectivity index (χ3v) is 3.90. The van der Waals surface area contributed by atoms with Crippen molar-refractivity contribution in [1.82, 2.24) is 15.0 Å². The molecule has 1 heterocycles. The predicted molar refractivity (Wildman–Crippen MR) is 89.3 cm³/mol. The first-order chi connectivity index (χ1) is 11.2. The zero-order valence-corrected chi connectivity index (χ0v) is 13.0. The zero-order valence-electron chi connectivity index (χ0n) is 13.0. The van der Waals surface area contributed by atoms with Gasteiger partial charge in [0.05, 0.1) is 11.0 Å². The van der Waals surface area contributed by atoms with E-state index in [1.165, 1.54) is 0 Å². The molecule has 2 N–H and O–H groups in total. The van der Waals surface area contributed by atoms with Crippen LogP contribution in [-0.2, 0) is 6.54 Å². The van der Waals surface area contributed by atoms with Gasteiger partial charge in [-0.05, 0) is 30.7 Å². The van der Waals surface area contributed by atoms with Crippen LogP contribution in [0.4, 0.5) is 0 Å². The van der Waals surface area contributed by atoms with E-state index in [-0.39, 0.29) is 0 Å². The summed E-state index contributed by atoms with van der Waals surface area (Å²) in [5.74, 6) is 0.381. The fourth-order valence-corrected chi connectivity index (χ4v) is 2.67. The lowest BCUT2D eigenvalue weighted by atomic mass is 10.1. The first-order valence-corrected chi connectivity index (χ1v) is 7.74. The summed E-state index contributed by atoms with van der Waals surface area (Å²) in [6.07, 6.45) is 2.19. The maximum atomic E-state index is 11.4.